The van der Waals surface area contributed by atoms with Crippen molar-refractivity contribution in [2.45, 2.75) is 6.18 Å². The summed E-state index contributed by atoms with van der Waals surface area (Å²) in [6.07, 6.45) is -3.29. The van der Waals surface area contributed by atoms with Crippen LogP contribution in [0.2, 0.25) is 0 Å². The summed E-state index contributed by atoms with van der Waals surface area (Å²) >= 11 is 0. The molecule has 0 bridgehead atoms. The fourth-order valence-electron chi connectivity index (χ4n) is 2.79. The number of halogens is 3. The van der Waals surface area contributed by atoms with Crippen molar-refractivity contribution >= 4 is 5.91 Å². The fourth-order valence-corrected chi connectivity index (χ4v) is 2.79. The van der Waals surface area contributed by atoms with E-state index in [4.69, 9.17) is 14.2 Å². The standard InChI is InChI=1S/C20H16F3N3O4/c21-20(22,23)18-7-9-26(25-18)14-3-1-13(2-4-14)19(27)24-8-10-28-15-5-6-16-17(11-15)30-12-29-16/h1-7,9,11H,8,10,12H2,(H,24,27). The van der Waals surface area contributed by atoms with Crippen molar-refractivity contribution < 1.29 is 32.2 Å². The maximum absolute atomic E-state index is 12.7. The van der Waals surface area contributed by atoms with Gasteiger partial charge in [-0.2, -0.15) is 18.3 Å². The van der Waals surface area contributed by atoms with Gasteiger partial charge < -0.3 is 19.5 Å². The first-order valence-electron chi connectivity index (χ1n) is 8.94. The summed E-state index contributed by atoms with van der Waals surface area (Å²) in [5, 5.41) is 6.21. The normalized spacial score (nSPS) is 12.6. The molecule has 7 nitrogen and oxygen atoms in total. The minimum atomic E-state index is -4.51. The SMILES string of the molecule is O=C(NCCOc1ccc2c(c1)OCO2)c1ccc(-n2ccc(C(F)(F)F)n2)cc1. The Balaban J connectivity index is 1.28. The van der Waals surface area contributed by atoms with E-state index in [0.29, 0.717) is 28.5 Å². The average molecular weight is 419 g/mol. The maximum atomic E-state index is 12.7. The Morgan fingerprint density at radius 2 is 1.87 bits per heavy atom. The Kier molecular flexibility index (Phi) is 5.21. The highest BCUT2D eigenvalue weighted by molar-refractivity contribution is 5.94. The molecule has 1 amide bonds. The van der Waals surface area contributed by atoms with Crippen LogP contribution in [0.15, 0.2) is 54.7 Å². The third-order valence-electron chi connectivity index (χ3n) is 4.27. The molecule has 1 aromatic heterocycles. The molecule has 0 saturated heterocycles. The van der Waals surface area contributed by atoms with Crippen molar-refractivity contribution in [1.82, 2.24) is 15.1 Å². The predicted molar refractivity (Wildman–Crippen MR) is 99.0 cm³/mol. The minimum absolute atomic E-state index is 0.178. The highest BCUT2D eigenvalue weighted by atomic mass is 19.4. The number of aromatic nitrogens is 2. The lowest BCUT2D eigenvalue weighted by molar-refractivity contribution is -0.141. The van der Waals surface area contributed by atoms with E-state index in [2.05, 4.69) is 10.4 Å². The van der Waals surface area contributed by atoms with Crippen LogP contribution in [0.5, 0.6) is 17.2 Å². The summed E-state index contributed by atoms with van der Waals surface area (Å²) in [6.45, 7) is 0.692. The van der Waals surface area contributed by atoms with Gasteiger partial charge in [-0.3, -0.25) is 4.79 Å². The van der Waals surface area contributed by atoms with E-state index in [9.17, 15) is 18.0 Å². The van der Waals surface area contributed by atoms with Crippen molar-refractivity contribution in [3.63, 3.8) is 0 Å². The van der Waals surface area contributed by atoms with Crippen molar-refractivity contribution in [3.8, 4) is 22.9 Å². The van der Waals surface area contributed by atoms with E-state index in [0.717, 1.165) is 10.7 Å². The number of nitrogens with zero attached hydrogens (tertiary/aromatic N) is 2. The summed E-state index contributed by atoms with van der Waals surface area (Å²) in [7, 11) is 0. The maximum Gasteiger partial charge on any atom is 0.435 e. The molecule has 30 heavy (non-hydrogen) atoms. The van der Waals surface area contributed by atoms with Crippen LogP contribution in [0, 0.1) is 0 Å². The topological polar surface area (TPSA) is 74.6 Å². The number of rotatable bonds is 6. The van der Waals surface area contributed by atoms with Crippen molar-refractivity contribution in [2.24, 2.45) is 0 Å². The number of amides is 1. The van der Waals surface area contributed by atoms with Gasteiger partial charge in [0.25, 0.3) is 5.91 Å². The Hall–Kier alpha value is -3.69. The second kappa shape index (κ2) is 7.97. The first kappa shape index (κ1) is 19.6. The lowest BCUT2D eigenvalue weighted by Crippen LogP contribution is -2.28. The zero-order chi connectivity index (χ0) is 21.1. The van der Waals surface area contributed by atoms with Crippen LogP contribution in [-0.4, -0.2) is 35.6 Å². The molecule has 0 radical (unpaired) electrons. The summed E-state index contributed by atoms with van der Waals surface area (Å²) in [5.41, 5.74) is -0.204. The second-order valence-corrected chi connectivity index (χ2v) is 6.31. The molecule has 1 N–H and O–H groups in total. The Labute approximate surface area is 169 Å². The molecule has 1 aliphatic heterocycles. The van der Waals surface area contributed by atoms with Crippen LogP contribution in [0.4, 0.5) is 13.2 Å². The number of ether oxygens (including phenoxy) is 3. The zero-order valence-electron chi connectivity index (χ0n) is 15.5. The first-order chi connectivity index (χ1) is 14.4. The molecule has 4 rings (SSSR count). The Bertz CT molecular complexity index is 1050. The van der Waals surface area contributed by atoms with Crippen LogP contribution in [0.3, 0.4) is 0 Å². The molecule has 0 unspecified atom stereocenters. The molecule has 1 aliphatic rings. The molecule has 156 valence electrons. The molecule has 2 heterocycles. The van der Waals surface area contributed by atoms with Gasteiger partial charge in [0.2, 0.25) is 6.79 Å². The van der Waals surface area contributed by atoms with Gasteiger partial charge in [-0.05, 0) is 42.5 Å². The van der Waals surface area contributed by atoms with Gasteiger partial charge in [0.1, 0.15) is 12.4 Å². The largest absolute Gasteiger partial charge is 0.492 e. The fraction of sp³-hybridized carbons (Fsp3) is 0.200. The molecule has 0 aliphatic carbocycles. The Morgan fingerprint density at radius 1 is 1.10 bits per heavy atom. The quantitative estimate of drug-likeness (QED) is 0.620. The zero-order valence-corrected chi connectivity index (χ0v) is 15.5. The van der Waals surface area contributed by atoms with Crippen molar-refractivity contribution in [2.75, 3.05) is 19.9 Å². The third kappa shape index (κ3) is 4.32. The molecule has 0 fully saturated rings. The van der Waals surface area contributed by atoms with Gasteiger partial charge in [0.05, 0.1) is 12.2 Å². The number of fused-ring (bicyclic) bond motifs is 1. The monoisotopic (exact) mass is 419 g/mol. The molecular weight excluding hydrogens is 403 g/mol. The second-order valence-electron chi connectivity index (χ2n) is 6.31. The predicted octanol–water partition coefficient (Wildman–Crippen LogP) is 3.43. The Morgan fingerprint density at radius 3 is 2.60 bits per heavy atom. The van der Waals surface area contributed by atoms with E-state index < -0.39 is 11.9 Å². The number of hydrogen-bond donors (Lipinski definition) is 1. The van der Waals surface area contributed by atoms with E-state index in [1.54, 1.807) is 18.2 Å². The molecule has 2 aromatic carbocycles. The van der Waals surface area contributed by atoms with E-state index in [-0.39, 0.29) is 25.9 Å². The van der Waals surface area contributed by atoms with E-state index >= 15 is 0 Å². The van der Waals surface area contributed by atoms with Gasteiger partial charge in [-0.15, -0.1) is 0 Å². The van der Waals surface area contributed by atoms with Gasteiger partial charge in [-0.25, -0.2) is 4.68 Å². The van der Waals surface area contributed by atoms with Gasteiger partial charge in [0, 0.05) is 17.8 Å². The number of hydrogen-bond acceptors (Lipinski definition) is 5. The molecule has 10 heteroatoms. The number of alkyl halides is 3. The summed E-state index contributed by atoms with van der Waals surface area (Å²) in [4.78, 5) is 12.2. The molecular formula is C20H16F3N3O4. The lowest BCUT2D eigenvalue weighted by Gasteiger charge is -2.09. The number of benzene rings is 2. The number of carbonyl (C=O) groups excluding carboxylic acids is 1. The molecule has 3 aromatic rings. The highest BCUT2D eigenvalue weighted by Gasteiger charge is 2.33. The van der Waals surface area contributed by atoms with Crippen LogP contribution in [-0.2, 0) is 6.18 Å². The molecule has 0 atom stereocenters. The average Bonchev–Trinajstić information content (AvgIpc) is 3.40. The summed E-state index contributed by atoms with van der Waals surface area (Å²) in [5.74, 6) is 1.53. The van der Waals surface area contributed by atoms with Crippen LogP contribution in [0.1, 0.15) is 16.1 Å². The number of nitrogens with one attached hydrogen (secondary N) is 1. The van der Waals surface area contributed by atoms with Crippen molar-refractivity contribution in [1.29, 1.82) is 0 Å². The summed E-state index contributed by atoms with van der Waals surface area (Å²) in [6, 6.07) is 12.2. The van der Waals surface area contributed by atoms with E-state index in [1.165, 1.54) is 30.5 Å². The van der Waals surface area contributed by atoms with Crippen LogP contribution in [0.25, 0.3) is 5.69 Å². The minimum Gasteiger partial charge on any atom is -0.492 e. The lowest BCUT2D eigenvalue weighted by atomic mass is 10.2. The third-order valence-corrected chi connectivity index (χ3v) is 4.27. The van der Waals surface area contributed by atoms with E-state index in [1.807, 2.05) is 0 Å². The first-order valence-corrected chi connectivity index (χ1v) is 8.94. The van der Waals surface area contributed by atoms with Gasteiger partial charge in [-0.1, -0.05) is 0 Å². The van der Waals surface area contributed by atoms with Crippen LogP contribution >= 0.6 is 0 Å². The summed E-state index contributed by atoms with van der Waals surface area (Å²) < 4.78 is 55.1. The molecule has 0 saturated carbocycles. The highest BCUT2D eigenvalue weighted by Crippen LogP contribution is 2.35. The van der Waals surface area contributed by atoms with Gasteiger partial charge in [0.15, 0.2) is 17.2 Å². The smallest absolute Gasteiger partial charge is 0.435 e. The van der Waals surface area contributed by atoms with Gasteiger partial charge >= 0.3 is 6.18 Å². The van der Waals surface area contributed by atoms with Crippen LogP contribution < -0.4 is 19.5 Å². The number of carbonyl (C=O) groups is 1. The molecule has 0 spiro atoms. The van der Waals surface area contributed by atoms with Crippen molar-refractivity contribution in [3.05, 3.63) is 66.0 Å².